The SMILES string of the molecule is CC(C(=O)O)N(C)C(=O)c1cn(C)nc1-c1ccccc1Cl. The van der Waals surface area contributed by atoms with Gasteiger partial charge in [-0.2, -0.15) is 5.10 Å². The average molecular weight is 322 g/mol. The molecule has 0 spiro atoms. The molecule has 0 aliphatic carbocycles. The lowest BCUT2D eigenvalue weighted by molar-refractivity contribution is -0.141. The summed E-state index contributed by atoms with van der Waals surface area (Å²) in [6.45, 7) is 1.45. The van der Waals surface area contributed by atoms with E-state index in [-0.39, 0.29) is 0 Å². The molecule has 1 N–H and O–H groups in total. The van der Waals surface area contributed by atoms with Crippen LogP contribution in [0.15, 0.2) is 30.5 Å². The number of hydrogen-bond acceptors (Lipinski definition) is 3. The second kappa shape index (κ2) is 6.19. The molecule has 116 valence electrons. The fraction of sp³-hybridized carbons (Fsp3) is 0.267. The second-order valence-corrected chi connectivity index (χ2v) is 5.38. The van der Waals surface area contributed by atoms with Gasteiger partial charge in [-0.15, -0.1) is 0 Å². The molecule has 2 rings (SSSR count). The van der Waals surface area contributed by atoms with Crippen molar-refractivity contribution >= 4 is 23.5 Å². The van der Waals surface area contributed by atoms with Crippen molar-refractivity contribution < 1.29 is 14.7 Å². The maximum absolute atomic E-state index is 12.6. The Hall–Kier alpha value is -2.34. The van der Waals surface area contributed by atoms with Gasteiger partial charge in [-0.1, -0.05) is 29.8 Å². The number of hydrogen-bond donors (Lipinski definition) is 1. The highest BCUT2D eigenvalue weighted by atomic mass is 35.5. The van der Waals surface area contributed by atoms with Crippen molar-refractivity contribution in [2.45, 2.75) is 13.0 Å². The third-order valence-electron chi connectivity index (χ3n) is 3.45. The van der Waals surface area contributed by atoms with E-state index >= 15 is 0 Å². The minimum atomic E-state index is -1.07. The predicted molar refractivity (Wildman–Crippen MR) is 82.8 cm³/mol. The van der Waals surface area contributed by atoms with E-state index in [1.165, 1.54) is 23.6 Å². The molecule has 0 aliphatic rings. The van der Waals surface area contributed by atoms with Crippen LogP contribution in [0.1, 0.15) is 17.3 Å². The number of halogens is 1. The molecule has 1 atom stereocenters. The molecule has 1 aromatic heterocycles. The monoisotopic (exact) mass is 321 g/mol. The van der Waals surface area contributed by atoms with Crippen LogP contribution in [0, 0.1) is 0 Å². The van der Waals surface area contributed by atoms with Gasteiger partial charge in [0, 0.05) is 25.9 Å². The van der Waals surface area contributed by atoms with E-state index in [1.807, 2.05) is 0 Å². The molecule has 1 aromatic carbocycles. The number of aliphatic carboxylic acids is 1. The van der Waals surface area contributed by atoms with Crippen molar-refractivity contribution in [3.8, 4) is 11.3 Å². The Morgan fingerprint density at radius 3 is 2.59 bits per heavy atom. The van der Waals surface area contributed by atoms with Gasteiger partial charge in [-0.05, 0) is 13.0 Å². The van der Waals surface area contributed by atoms with Gasteiger partial charge in [0.2, 0.25) is 0 Å². The third-order valence-corrected chi connectivity index (χ3v) is 3.78. The second-order valence-electron chi connectivity index (χ2n) is 4.98. The third kappa shape index (κ3) is 2.96. The van der Waals surface area contributed by atoms with Gasteiger partial charge in [0.05, 0.1) is 10.6 Å². The maximum Gasteiger partial charge on any atom is 0.326 e. The molecular weight excluding hydrogens is 306 g/mol. The molecule has 7 heteroatoms. The minimum Gasteiger partial charge on any atom is -0.480 e. The highest BCUT2D eigenvalue weighted by Crippen LogP contribution is 2.29. The zero-order chi connectivity index (χ0) is 16.4. The van der Waals surface area contributed by atoms with Gasteiger partial charge in [0.25, 0.3) is 5.91 Å². The first-order valence-electron chi connectivity index (χ1n) is 6.61. The first-order chi connectivity index (χ1) is 10.3. The first-order valence-corrected chi connectivity index (χ1v) is 6.99. The van der Waals surface area contributed by atoms with Crippen molar-refractivity contribution in [2.24, 2.45) is 7.05 Å². The number of rotatable bonds is 4. The smallest absolute Gasteiger partial charge is 0.326 e. The lowest BCUT2D eigenvalue weighted by Gasteiger charge is -2.21. The van der Waals surface area contributed by atoms with E-state index in [0.29, 0.717) is 21.8 Å². The predicted octanol–water partition coefficient (Wildman–Crippen LogP) is 2.29. The van der Waals surface area contributed by atoms with Crippen molar-refractivity contribution in [1.82, 2.24) is 14.7 Å². The fourth-order valence-corrected chi connectivity index (χ4v) is 2.25. The van der Waals surface area contributed by atoms with Gasteiger partial charge < -0.3 is 10.0 Å². The van der Waals surface area contributed by atoms with Crippen LogP contribution < -0.4 is 0 Å². The van der Waals surface area contributed by atoms with Gasteiger partial charge >= 0.3 is 5.97 Å². The Balaban J connectivity index is 2.47. The van der Waals surface area contributed by atoms with Gasteiger partial charge in [0.15, 0.2) is 0 Å². The van der Waals surface area contributed by atoms with Crippen LogP contribution in [0.25, 0.3) is 11.3 Å². The topological polar surface area (TPSA) is 75.4 Å². The normalized spacial score (nSPS) is 12.0. The van der Waals surface area contributed by atoms with Gasteiger partial charge in [-0.3, -0.25) is 9.48 Å². The lowest BCUT2D eigenvalue weighted by Crippen LogP contribution is -2.40. The van der Waals surface area contributed by atoms with Gasteiger partial charge in [0.1, 0.15) is 11.7 Å². The molecule has 1 heterocycles. The molecule has 2 aromatic rings. The number of aromatic nitrogens is 2. The van der Waals surface area contributed by atoms with E-state index in [4.69, 9.17) is 16.7 Å². The number of carbonyl (C=O) groups excluding carboxylic acids is 1. The molecule has 22 heavy (non-hydrogen) atoms. The largest absolute Gasteiger partial charge is 0.480 e. The molecule has 0 radical (unpaired) electrons. The summed E-state index contributed by atoms with van der Waals surface area (Å²) in [7, 11) is 3.14. The lowest BCUT2D eigenvalue weighted by atomic mass is 10.1. The number of nitrogens with zero attached hydrogens (tertiary/aromatic N) is 3. The number of benzene rings is 1. The van der Waals surface area contributed by atoms with Crippen LogP contribution >= 0.6 is 11.6 Å². The average Bonchev–Trinajstić information content (AvgIpc) is 2.87. The number of aryl methyl sites for hydroxylation is 1. The summed E-state index contributed by atoms with van der Waals surface area (Å²) < 4.78 is 1.51. The maximum atomic E-state index is 12.6. The molecule has 0 fully saturated rings. The van der Waals surface area contributed by atoms with E-state index in [0.717, 1.165) is 0 Å². The molecule has 1 unspecified atom stereocenters. The van der Waals surface area contributed by atoms with Crippen LogP contribution in [-0.4, -0.2) is 44.8 Å². The zero-order valence-electron chi connectivity index (χ0n) is 12.4. The van der Waals surface area contributed by atoms with E-state index < -0.39 is 17.9 Å². The van der Waals surface area contributed by atoms with Crippen LogP contribution in [0.2, 0.25) is 5.02 Å². The molecule has 1 amide bonds. The molecule has 0 saturated carbocycles. The molecule has 0 bridgehead atoms. The Bertz CT molecular complexity index is 727. The van der Waals surface area contributed by atoms with Crippen molar-refractivity contribution in [3.05, 3.63) is 41.0 Å². The minimum absolute atomic E-state index is 0.311. The molecular formula is C15H16ClN3O3. The highest BCUT2D eigenvalue weighted by Gasteiger charge is 2.27. The van der Waals surface area contributed by atoms with Gasteiger partial charge in [-0.25, -0.2) is 4.79 Å². The number of carboxylic acids is 1. The Kier molecular flexibility index (Phi) is 4.51. The first kappa shape index (κ1) is 16.0. The number of likely N-dealkylation sites (N-methyl/N-ethyl adjacent to an activating group) is 1. The van der Waals surface area contributed by atoms with Crippen LogP contribution in [0.3, 0.4) is 0 Å². The van der Waals surface area contributed by atoms with Crippen molar-refractivity contribution in [3.63, 3.8) is 0 Å². The zero-order valence-corrected chi connectivity index (χ0v) is 13.2. The number of carbonyl (C=O) groups is 2. The number of amides is 1. The fourth-order valence-electron chi connectivity index (χ4n) is 2.03. The summed E-state index contributed by atoms with van der Waals surface area (Å²) in [6, 6.07) is 6.13. The summed E-state index contributed by atoms with van der Waals surface area (Å²) in [4.78, 5) is 24.8. The van der Waals surface area contributed by atoms with Crippen molar-refractivity contribution in [1.29, 1.82) is 0 Å². The van der Waals surface area contributed by atoms with E-state index in [2.05, 4.69) is 5.10 Å². The van der Waals surface area contributed by atoms with Crippen LogP contribution in [-0.2, 0) is 11.8 Å². The number of carboxylic acid groups (broad SMARTS) is 1. The van der Waals surface area contributed by atoms with E-state index in [9.17, 15) is 9.59 Å². The summed E-state index contributed by atoms with van der Waals surface area (Å²) in [5.74, 6) is -1.49. The molecule has 0 saturated heterocycles. The quantitative estimate of drug-likeness (QED) is 0.937. The van der Waals surface area contributed by atoms with Crippen molar-refractivity contribution in [2.75, 3.05) is 7.05 Å². The highest BCUT2D eigenvalue weighted by molar-refractivity contribution is 6.33. The molecule has 0 aliphatic heterocycles. The van der Waals surface area contributed by atoms with Crippen LogP contribution in [0.5, 0.6) is 0 Å². The standard InChI is InChI=1S/C15H16ClN3O3/c1-9(15(21)22)19(3)14(20)11-8-18(2)17-13(11)10-6-4-5-7-12(10)16/h4-9H,1-3H3,(H,21,22). The Labute approximate surface area is 132 Å². The summed E-state index contributed by atoms with van der Waals surface area (Å²) in [6.07, 6.45) is 1.56. The van der Waals surface area contributed by atoms with E-state index in [1.54, 1.807) is 37.5 Å². The summed E-state index contributed by atoms with van der Waals surface area (Å²) in [5.41, 5.74) is 1.37. The summed E-state index contributed by atoms with van der Waals surface area (Å²) in [5, 5.41) is 13.8. The Morgan fingerprint density at radius 1 is 1.36 bits per heavy atom. The van der Waals surface area contributed by atoms with Crippen LogP contribution in [0.4, 0.5) is 0 Å². The summed E-state index contributed by atoms with van der Waals surface area (Å²) >= 11 is 6.17. The Morgan fingerprint density at radius 2 is 2.00 bits per heavy atom. The molecule has 6 nitrogen and oxygen atoms in total.